The van der Waals surface area contributed by atoms with E-state index in [2.05, 4.69) is 25.5 Å². The quantitative estimate of drug-likeness (QED) is 0.837. The number of para-hydroxylation sites is 2. The van der Waals surface area contributed by atoms with Gasteiger partial charge in [-0.25, -0.2) is 9.97 Å². The summed E-state index contributed by atoms with van der Waals surface area (Å²) >= 11 is 0. The van der Waals surface area contributed by atoms with E-state index >= 15 is 0 Å². The molecular weight excluding hydrogens is 314 g/mol. The number of hydrogen-bond acceptors (Lipinski definition) is 5. The Morgan fingerprint density at radius 1 is 1.00 bits per heavy atom. The summed E-state index contributed by atoms with van der Waals surface area (Å²) in [6.45, 7) is 7.60. The van der Waals surface area contributed by atoms with Crippen molar-refractivity contribution in [2.24, 2.45) is 0 Å². The summed E-state index contributed by atoms with van der Waals surface area (Å²) in [7, 11) is 0. The van der Waals surface area contributed by atoms with E-state index in [1.807, 2.05) is 45.0 Å². The Hall–Kier alpha value is -2.63. The Bertz CT molecular complexity index is 816. The van der Waals surface area contributed by atoms with Crippen molar-refractivity contribution >= 4 is 23.2 Å². The second-order valence-corrected chi connectivity index (χ2v) is 7.01. The van der Waals surface area contributed by atoms with Crippen LogP contribution in [0, 0.1) is 20.8 Å². The van der Waals surface area contributed by atoms with Gasteiger partial charge in [0.1, 0.15) is 5.54 Å². The van der Waals surface area contributed by atoms with Gasteiger partial charge in [-0.1, -0.05) is 12.1 Å². The van der Waals surface area contributed by atoms with E-state index in [0.29, 0.717) is 0 Å². The fourth-order valence-corrected chi connectivity index (χ4v) is 3.59. The number of carbonyl (C=O) groups is 1. The molecule has 0 saturated carbocycles. The molecular formula is C19H23N5O. The molecule has 2 N–H and O–H groups in total. The van der Waals surface area contributed by atoms with Crippen molar-refractivity contribution in [1.82, 2.24) is 9.97 Å². The van der Waals surface area contributed by atoms with Crippen molar-refractivity contribution in [1.29, 1.82) is 0 Å². The number of piperidine rings is 1. The summed E-state index contributed by atoms with van der Waals surface area (Å²) in [6, 6.07) is 7.85. The maximum absolute atomic E-state index is 12.7. The molecule has 2 aliphatic rings. The maximum Gasteiger partial charge on any atom is 0.250 e. The number of nitrogens with one attached hydrogen (secondary N) is 2. The highest BCUT2D eigenvalue weighted by Crippen LogP contribution is 2.36. The van der Waals surface area contributed by atoms with Crippen molar-refractivity contribution in [2.45, 2.75) is 39.2 Å². The lowest BCUT2D eigenvalue weighted by Gasteiger charge is -2.44. The summed E-state index contributed by atoms with van der Waals surface area (Å²) in [6.07, 6.45) is 1.45. The van der Waals surface area contributed by atoms with Crippen LogP contribution in [0.15, 0.2) is 24.3 Å². The molecule has 1 amide bonds. The van der Waals surface area contributed by atoms with Gasteiger partial charge in [-0.15, -0.1) is 0 Å². The van der Waals surface area contributed by atoms with Gasteiger partial charge in [-0.05, 0) is 51.3 Å². The molecule has 0 radical (unpaired) electrons. The van der Waals surface area contributed by atoms with Gasteiger partial charge in [0.25, 0.3) is 0 Å². The molecule has 0 atom stereocenters. The van der Waals surface area contributed by atoms with E-state index in [-0.39, 0.29) is 5.91 Å². The van der Waals surface area contributed by atoms with Crippen molar-refractivity contribution in [2.75, 3.05) is 28.6 Å². The average Bonchev–Trinajstić information content (AvgIpc) is 2.61. The maximum atomic E-state index is 12.7. The van der Waals surface area contributed by atoms with Crippen LogP contribution >= 0.6 is 0 Å². The van der Waals surface area contributed by atoms with Gasteiger partial charge in [0.05, 0.1) is 11.4 Å². The highest BCUT2D eigenvalue weighted by atomic mass is 16.2. The number of amides is 1. The lowest BCUT2D eigenvalue weighted by molar-refractivity contribution is -0.121. The summed E-state index contributed by atoms with van der Waals surface area (Å²) in [5.74, 6) is 0.829. The van der Waals surface area contributed by atoms with E-state index in [0.717, 1.165) is 60.2 Å². The number of benzene rings is 1. The van der Waals surface area contributed by atoms with Gasteiger partial charge in [-0.3, -0.25) is 4.79 Å². The smallest absolute Gasteiger partial charge is 0.250 e. The number of rotatable bonds is 1. The first-order valence-electron chi connectivity index (χ1n) is 8.74. The zero-order valence-electron chi connectivity index (χ0n) is 14.9. The van der Waals surface area contributed by atoms with Gasteiger partial charge < -0.3 is 15.5 Å². The summed E-state index contributed by atoms with van der Waals surface area (Å²) in [4.78, 5) is 24.2. The standard InChI is InChI=1S/C19H23N5O/c1-12-13(2)20-18(21-14(12)3)24-10-8-19(9-11-24)17(25)22-15-6-4-5-7-16(15)23-19/h4-7,23H,8-11H2,1-3H3,(H,22,25). The molecule has 0 aliphatic carbocycles. The highest BCUT2D eigenvalue weighted by molar-refractivity contribution is 6.06. The number of anilines is 3. The zero-order valence-corrected chi connectivity index (χ0v) is 14.9. The molecule has 25 heavy (non-hydrogen) atoms. The Labute approximate surface area is 147 Å². The van der Waals surface area contributed by atoms with Crippen LogP contribution in [0.5, 0.6) is 0 Å². The largest absolute Gasteiger partial charge is 0.369 e. The van der Waals surface area contributed by atoms with Crippen LogP contribution in [0.4, 0.5) is 17.3 Å². The van der Waals surface area contributed by atoms with Crippen molar-refractivity contribution in [3.63, 3.8) is 0 Å². The summed E-state index contributed by atoms with van der Waals surface area (Å²) in [5.41, 5.74) is 4.49. The first kappa shape index (κ1) is 15.9. The Kier molecular flexibility index (Phi) is 3.63. The minimum atomic E-state index is -0.542. The van der Waals surface area contributed by atoms with E-state index in [1.165, 1.54) is 0 Å². The summed E-state index contributed by atoms with van der Waals surface area (Å²) < 4.78 is 0. The van der Waals surface area contributed by atoms with E-state index < -0.39 is 5.54 Å². The predicted molar refractivity (Wildman–Crippen MR) is 99.1 cm³/mol. The Balaban J connectivity index is 1.55. The zero-order chi connectivity index (χ0) is 17.6. The molecule has 2 aromatic rings. The fourth-order valence-electron chi connectivity index (χ4n) is 3.59. The van der Waals surface area contributed by atoms with Gasteiger partial charge in [-0.2, -0.15) is 0 Å². The Morgan fingerprint density at radius 3 is 2.24 bits per heavy atom. The van der Waals surface area contributed by atoms with Crippen LogP contribution < -0.4 is 15.5 Å². The van der Waals surface area contributed by atoms with Crippen LogP contribution in [0.2, 0.25) is 0 Å². The van der Waals surface area contributed by atoms with E-state index in [4.69, 9.17) is 0 Å². The molecule has 1 aromatic heterocycles. The number of hydrogen-bond donors (Lipinski definition) is 2. The number of aromatic nitrogens is 2. The second kappa shape index (κ2) is 5.72. The van der Waals surface area contributed by atoms with Gasteiger partial charge in [0, 0.05) is 24.5 Å². The second-order valence-electron chi connectivity index (χ2n) is 7.01. The molecule has 6 heteroatoms. The molecule has 3 heterocycles. The van der Waals surface area contributed by atoms with E-state index in [1.54, 1.807) is 0 Å². The lowest BCUT2D eigenvalue weighted by Crippen LogP contribution is -2.58. The highest BCUT2D eigenvalue weighted by Gasteiger charge is 2.44. The third-order valence-electron chi connectivity index (χ3n) is 5.50. The minimum Gasteiger partial charge on any atom is -0.369 e. The molecule has 1 spiro atoms. The Morgan fingerprint density at radius 2 is 1.60 bits per heavy atom. The SMILES string of the molecule is Cc1nc(N2CCC3(CC2)Nc2ccccc2NC3=O)nc(C)c1C. The molecule has 1 saturated heterocycles. The molecule has 1 aromatic carbocycles. The van der Waals surface area contributed by atoms with Crippen LogP contribution in [0.3, 0.4) is 0 Å². The van der Waals surface area contributed by atoms with Crippen LogP contribution in [0.1, 0.15) is 29.8 Å². The van der Waals surface area contributed by atoms with Gasteiger partial charge >= 0.3 is 0 Å². The first-order chi connectivity index (χ1) is 12.0. The first-order valence-corrected chi connectivity index (χ1v) is 8.74. The predicted octanol–water partition coefficient (Wildman–Crippen LogP) is 2.81. The van der Waals surface area contributed by atoms with Crippen molar-refractivity contribution in [3.05, 3.63) is 41.2 Å². The lowest BCUT2D eigenvalue weighted by atomic mass is 9.84. The van der Waals surface area contributed by atoms with Gasteiger partial charge in [0.2, 0.25) is 11.9 Å². The normalized spacial score (nSPS) is 18.5. The van der Waals surface area contributed by atoms with Crippen LogP contribution in [-0.4, -0.2) is 34.5 Å². The molecule has 2 aliphatic heterocycles. The van der Waals surface area contributed by atoms with Crippen molar-refractivity contribution < 1.29 is 4.79 Å². The number of fused-ring (bicyclic) bond motifs is 1. The van der Waals surface area contributed by atoms with E-state index in [9.17, 15) is 4.79 Å². The fraction of sp³-hybridized carbons (Fsp3) is 0.421. The molecule has 4 rings (SSSR count). The number of nitrogens with zero attached hydrogens (tertiary/aromatic N) is 3. The van der Waals surface area contributed by atoms with Crippen LogP contribution in [-0.2, 0) is 4.79 Å². The molecule has 130 valence electrons. The number of carbonyl (C=O) groups excluding carboxylic acids is 1. The third kappa shape index (κ3) is 2.62. The number of aryl methyl sites for hydroxylation is 2. The monoisotopic (exact) mass is 337 g/mol. The average molecular weight is 337 g/mol. The van der Waals surface area contributed by atoms with Gasteiger partial charge in [0.15, 0.2) is 0 Å². The van der Waals surface area contributed by atoms with Crippen LogP contribution in [0.25, 0.3) is 0 Å². The summed E-state index contributed by atoms with van der Waals surface area (Å²) in [5, 5.41) is 6.54. The third-order valence-corrected chi connectivity index (χ3v) is 5.50. The minimum absolute atomic E-state index is 0.0584. The molecule has 1 fully saturated rings. The molecule has 0 unspecified atom stereocenters. The topological polar surface area (TPSA) is 70.2 Å². The van der Waals surface area contributed by atoms with Crippen molar-refractivity contribution in [3.8, 4) is 0 Å². The molecule has 6 nitrogen and oxygen atoms in total. The molecule has 0 bridgehead atoms.